The lowest BCUT2D eigenvalue weighted by Gasteiger charge is -2.30. The quantitative estimate of drug-likeness (QED) is 0.211. The smallest absolute Gasteiger partial charge is 0.112 e. The molecule has 1 aromatic rings. The number of benzene rings is 1. The summed E-state index contributed by atoms with van der Waals surface area (Å²) in [5.74, 6) is -0.487. The van der Waals surface area contributed by atoms with Gasteiger partial charge in [-0.2, -0.15) is 0 Å². The normalized spacial score (nSPS) is 26.9. The van der Waals surface area contributed by atoms with Crippen LogP contribution in [0.4, 0.5) is 0 Å². The average molecular weight is 455 g/mol. The Kier molecular flexibility index (Phi) is 13.1. The molecule has 1 aliphatic carbocycles. The van der Waals surface area contributed by atoms with Gasteiger partial charge in [0, 0.05) is 30.6 Å². The van der Waals surface area contributed by atoms with Crippen LogP contribution in [0.5, 0.6) is 0 Å². The van der Waals surface area contributed by atoms with Crippen LogP contribution in [-0.4, -0.2) is 60.4 Å². The molecule has 2 rings (SSSR count). The topological polar surface area (TPSA) is 68.2 Å². The second kappa shape index (κ2) is 15.3. The molecule has 5 nitrogen and oxygen atoms in total. The molecule has 3 unspecified atom stereocenters. The molecule has 1 fully saturated rings. The Morgan fingerprint density at radius 3 is 1.84 bits per heavy atom. The highest BCUT2D eigenvalue weighted by molar-refractivity contribution is 7.99. The molecule has 178 valence electrons. The summed E-state index contributed by atoms with van der Waals surface area (Å²) >= 11 is 1.43. The Morgan fingerprint density at radius 2 is 1.32 bits per heavy atom. The van der Waals surface area contributed by atoms with Crippen LogP contribution in [0.1, 0.15) is 59.3 Å². The van der Waals surface area contributed by atoms with Crippen LogP contribution in [0.15, 0.2) is 35.2 Å². The van der Waals surface area contributed by atoms with Crippen LogP contribution in [-0.2, 0) is 14.2 Å². The first-order chi connectivity index (χ1) is 15.2. The standard InChI is InChI=1S/C25H42O5S/c1-4-7-15-28-22-20(18-26)23(29-16-8-5-2)24(30-17-9-6-3)21(22)25(27)31-19-13-11-10-12-14-19/h10-14,20-27H,4-9,15-18H2,1-3H3/t20?,21?,22?,23-,24-,25-/m1/s1. The van der Waals surface area contributed by atoms with E-state index >= 15 is 0 Å². The highest BCUT2D eigenvalue weighted by Gasteiger charge is 2.55. The fourth-order valence-electron chi connectivity index (χ4n) is 4.12. The maximum atomic E-state index is 11.3. The fourth-order valence-corrected chi connectivity index (χ4v) is 5.18. The number of rotatable bonds is 16. The van der Waals surface area contributed by atoms with E-state index in [1.54, 1.807) is 0 Å². The maximum absolute atomic E-state index is 11.3. The number of ether oxygens (including phenoxy) is 3. The van der Waals surface area contributed by atoms with E-state index in [4.69, 9.17) is 14.2 Å². The zero-order valence-electron chi connectivity index (χ0n) is 19.4. The van der Waals surface area contributed by atoms with Crippen molar-refractivity contribution in [2.45, 2.75) is 87.9 Å². The molecule has 31 heavy (non-hydrogen) atoms. The fraction of sp³-hybridized carbons (Fsp3) is 0.760. The lowest BCUT2D eigenvalue weighted by molar-refractivity contribution is -0.0963. The third kappa shape index (κ3) is 8.02. The summed E-state index contributed by atoms with van der Waals surface area (Å²) in [5, 5.41) is 21.6. The van der Waals surface area contributed by atoms with Gasteiger partial charge in [0.2, 0.25) is 0 Å². The Labute approximate surface area is 192 Å². The van der Waals surface area contributed by atoms with Crippen molar-refractivity contribution in [1.82, 2.24) is 0 Å². The number of aliphatic hydroxyl groups is 2. The molecule has 0 aromatic heterocycles. The van der Waals surface area contributed by atoms with Crippen molar-refractivity contribution in [2.24, 2.45) is 11.8 Å². The molecule has 2 N–H and O–H groups in total. The minimum absolute atomic E-state index is 0.0412. The van der Waals surface area contributed by atoms with Gasteiger partial charge < -0.3 is 24.4 Å². The predicted molar refractivity (Wildman–Crippen MR) is 126 cm³/mol. The van der Waals surface area contributed by atoms with Crippen LogP contribution in [0.2, 0.25) is 0 Å². The Hall–Kier alpha value is -0.630. The van der Waals surface area contributed by atoms with Crippen LogP contribution in [0.25, 0.3) is 0 Å². The van der Waals surface area contributed by atoms with Crippen LogP contribution in [0, 0.1) is 11.8 Å². The van der Waals surface area contributed by atoms with Gasteiger partial charge >= 0.3 is 0 Å². The molecule has 6 heteroatoms. The highest BCUT2D eigenvalue weighted by atomic mass is 32.2. The SMILES string of the molecule is CCCCOC1C(CO)[C@@H](OCCCC)[C@H](OCCCC)C1[C@H](O)Sc1ccccc1. The highest BCUT2D eigenvalue weighted by Crippen LogP contribution is 2.44. The maximum Gasteiger partial charge on any atom is 0.112 e. The molecule has 0 spiro atoms. The monoisotopic (exact) mass is 454 g/mol. The molecule has 6 atom stereocenters. The molecule has 1 saturated carbocycles. The minimum atomic E-state index is -0.713. The second-order valence-electron chi connectivity index (χ2n) is 8.31. The first kappa shape index (κ1) is 26.6. The van der Waals surface area contributed by atoms with Gasteiger partial charge in [0.1, 0.15) is 5.44 Å². The zero-order chi connectivity index (χ0) is 22.5. The van der Waals surface area contributed by atoms with Crippen molar-refractivity contribution < 1.29 is 24.4 Å². The van der Waals surface area contributed by atoms with Gasteiger partial charge in [0.15, 0.2) is 0 Å². The zero-order valence-corrected chi connectivity index (χ0v) is 20.3. The molecular formula is C25H42O5S. The summed E-state index contributed by atoms with van der Waals surface area (Å²) in [6, 6.07) is 9.92. The van der Waals surface area contributed by atoms with Crippen molar-refractivity contribution in [2.75, 3.05) is 26.4 Å². The molecule has 0 bridgehead atoms. The van der Waals surface area contributed by atoms with E-state index in [9.17, 15) is 10.2 Å². The molecule has 0 amide bonds. The third-order valence-corrected chi connectivity index (χ3v) is 6.99. The van der Waals surface area contributed by atoms with E-state index in [1.807, 2.05) is 30.3 Å². The number of hydrogen-bond acceptors (Lipinski definition) is 6. The molecule has 0 heterocycles. The summed E-state index contributed by atoms with van der Waals surface area (Å²) in [6.07, 6.45) is 5.10. The van der Waals surface area contributed by atoms with Crippen molar-refractivity contribution in [3.8, 4) is 0 Å². The van der Waals surface area contributed by atoms with Gasteiger partial charge in [0.25, 0.3) is 0 Å². The minimum Gasteiger partial charge on any atom is -0.396 e. The van der Waals surface area contributed by atoms with Crippen molar-refractivity contribution >= 4 is 11.8 Å². The molecule has 0 aliphatic heterocycles. The van der Waals surface area contributed by atoms with Crippen LogP contribution >= 0.6 is 11.8 Å². The van der Waals surface area contributed by atoms with E-state index in [0.29, 0.717) is 19.8 Å². The van der Waals surface area contributed by atoms with Gasteiger partial charge in [0.05, 0.1) is 30.8 Å². The van der Waals surface area contributed by atoms with Gasteiger partial charge in [-0.15, -0.1) is 0 Å². The molecule has 0 saturated heterocycles. The van der Waals surface area contributed by atoms with E-state index in [1.165, 1.54) is 11.8 Å². The third-order valence-electron chi connectivity index (χ3n) is 5.89. The largest absolute Gasteiger partial charge is 0.396 e. The summed E-state index contributed by atoms with van der Waals surface area (Å²) in [5.41, 5.74) is -0.713. The Morgan fingerprint density at radius 1 is 0.806 bits per heavy atom. The Balaban J connectivity index is 2.27. The molecule has 1 aliphatic rings. The van der Waals surface area contributed by atoms with Crippen LogP contribution in [0.3, 0.4) is 0 Å². The Bertz CT molecular complexity index is 572. The summed E-state index contributed by atoms with van der Waals surface area (Å²) in [7, 11) is 0. The number of hydrogen-bond donors (Lipinski definition) is 2. The molecule has 0 radical (unpaired) electrons. The van der Waals surface area contributed by atoms with Crippen molar-refractivity contribution in [3.63, 3.8) is 0 Å². The lowest BCUT2D eigenvalue weighted by Crippen LogP contribution is -2.39. The number of aliphatic hydroxyl groups excluding tert-OH is 2. The lowest BCUT2D eigenvalue weighted by atomic mass is 10.0. The van der Waals surface area contributed by atoms with E-state index in [-0.39, 0.29) is 36.8 Å². The predicted octanol–water partition coefficient (Wildman–Crippen LogP) is 4.89. The summed E-state index contributed by atoms with van der Waals surface area (Å²) in [4.78, 5) is 1.01. The van der Waals surface area contributed by atoms with E-state index in [0.717, 1.165) is 43.4 Å². The van der Waals surface area contributed by atoms with Gasteiger partial charge in [-0.1, -0.05) is 70.0 Å². The molecular weight excluding hydrogens is 412 g/mol. The van der Waals surface area contributed by atoms with E-state index in [2.05, 4.69) is 20.8 Å². The van der Waals surface area contributed by atoms with Gasteiger partial charge in [-0.25, -0.2) is 0 Å². The average Bonchev–Trinajstić information content (AvgIpc) is 3.07. The summed E-state index contributed by atoms with van der Waals surface area (Å²) in [6.45, 7) is 8.22. The first-order valence-corrected chi connectivity index (χ1v) is 12.9. The van der Waals surface area contributed by atoms with Crippen LogP contribution < -0.4 is 0 Å². The van der Waals surface area contributed by atoms with Gasteiger partial charge in [-0.05, 0) is 31.4 Å². The van der Waals surface area contributed by atoms with Crippen molar-refractivity contribution in [3.05, 3.63) is 30.3 Å². The number of thioether (sulfide) groups is 1. The number of unbranched alkanes of at least 4 members (excludes halogenated alkanes) is 3. The molecule has 1 aromatic carbocycles. The first-order valence-electron chi connectivity index (χ1n) is 12.0. The van der Waals surface area contributed by atoms with E-state index < -0.39 is 5.44 Å². The second-order valence-corrected chi connectivity index (χ2v) is 9.50. The van der Waals surface area contributed by atoms with Crippen molar-refractivity contribution in [1.29, 1.82) is 0 Å². The van der Waals surface area contributed by atoms with Gasteiger partial charge in [-0.3, -0.25) is 0 Å². The summed E-state index contributed by atoms with van der Waals surface area (Å²) < 4.78 is 18.9.